The Kier molecular flexibility index (Phi) is 4.99. The SMILES string of the molecule is C/C(=C/CS(=O)(=O)c1ccc2ccccc2c1)NNC(N)=S. The predicted molar refractivity (Wildman–Crippen MR) is 92.8 cm³/mol. The zero-order valence-corrected chi connectivity index (χ0v) is 13.7. The molecule has 0 amide bonds. The molecule has 0 atom stereocenters. The van der Waals surface area contributed by atoms with Crippen LogP contribution in [0.4, 0.5) is 0 Å². The van der Waals surface area contributed by atoms with E-state index in [0.29, 0.717) is 10.6 Å². The van der Waals surface area contributed by atoms with Crippen molar-refractivity contribution in [2.75, 3.05) is 5.75 Å². The highest BCUT2D eigenvalue weighted by molar-refractivity contribution is 7.91. The summed E-state index contributed by atoms with van der Waals surface area (Å²) in [6.45, 7) is 1.72. The molecule has 2 aromatic rings. The number of allylic oxidation sites excluding steroid dienone is 1. The van der Waals surface area contributed by atoms with Gasteiger partial charge in [0.05, 0.1) is 10.6 Å². The first-order valence-corrected chi connectivity index (χ1v) is 8.64. The second kappa shape index (κ2) is 6.76. The van der Waals surface area contributed by atoms with Gasteiger partial charge in [-0.1, -0.05) is 30.3 Å². The standard InChI is InChI=1S/C15H17N3O2S2/c1-11(17-18-15(16)21)8-9-22(19,20)14-7-6-12-4-2-3-5-13(12)10-14/h2-8,10,17H,9H2,1H3,(H3,16,18,21)/b11-8-. The average Bonchev–Trinajstić information content (AvgIpc) is 2.50. The molecule has 5 nitrogen and oxygen atoms in total. The molecule has 0 aliphatic heterocycles. The molecule has 0 spiro atoms. The highest BCUT2D eigenvalue weighted by Gasteiger charge is 2.13. The molecule has 0 unspecified atom stereocenters. The number of rotatable bonds is 5. The fourth-order valence-corrected chi connectivity index (χ4v) is 3.20. The molecule has 7 heteroatoms. The van der Waals surface area contributed by atoms with Crippen LogP contribution in [0, 0.1) is 0 Å². The molecule has 2 rings (SSSR count). The number of fused-ring (bicyclic) bond motifs is 1. The Morgan fingerprint density at radius 1 is 1.18 bits per heavy atom. The summed E-state index contributed by atoms with van der Waals surface area (Å²) in [6.07, 6.45) is 1.57. The van der Waals surface area contributed by atoms with Gasteiger partial charge in [-0.25, -0.2) is 8.42 Å². The number of sulfone groups is 1. The average molecular weight is 335 g/mol. The summed E-state index contributed by atoms with van der Waals surface area (Å²) in [6, 6.07) is 12.8. The van der Waals surface area contributed by atoms with E-state index in [1.807, 2.05) is 30.3 Å². The zero-order chi connectivity index (χ0) is 16.2. The number of nitrogens with two attached hydrogens (primary N) is 1. The van der Waals surface area contributed by atoms with Gasteiger partial charge in [0.15, 0.2) is 14.9 Å². The largest absolute Gasteiger partial charge is 0.375 e. The topological polar surface area (TPSA) is 84.2 Å². The van der Waals surface area contributed by atoms with Crippen molar-refractivity contribution in [2.24, 2.45) is 5.73 Å². The van der Waals surface area contributed by atoms with Crippen LogP contribution in [-0.2, 0) is 9.84 Å². The molecule has 4 N–H and O–H groups in total. The maximum Gasteiger partial charge on any atom is 0.182 e. The van der Waals surface area contributed by atoms with Gasteiger partial charge in [0, 0.05) is 5.70 Å². The lowest BCUT2D eigenvalue weighted by atomic mass is 10.1. The molecule has 0 saturated carbocycles. The van der Waals surface area contributed by atoms with Crippen molar-refractivity contribution in [1.82, 2.24) is 10.9 Å². The van der Waals surface area contributed by atoms with Crippen LogP contribution in [0.25, 0.3) is 10.8 Å². The lowest BCUT2D eigenvalue weighted by molar-refractivity contribution is 0.599. The minimum absolute atomic E-state index is 0.0881. The molecule has 116 valence electrons. The Bertz CT molecular complexity index is 830. The van der Waals surface area contributed by atoms with E-state index < -0.39 is 9.84 Å². The molecule has 0 aliphatic rings. The van der Waals surface area contributed by atoms with E-state index in [1.165, 1.54) is 0 Å². The number of nitrogens with one attached hydrogen (secondary N) is 2. The van der Waals surface area contributed by atoms with E-state index in [4.69, 9.17) is 5.73 Å². The van der Waals surface area contributed by atoms with Crippen molar-refractivity contribution in [3.8, 4) is 0 Å². The lowest BCUT2D eigenvalue weighted by Crippen LogP contribution is -2.39. The van der Waals surface area contributed by atoms with E-state index >= 15 is 0 Å². The van der Waals surface area contributed by atoms with E-state index in [1.54, 1.807) is 25.1 Å². The summed E-state index contributed by atoms with van der Waals surface area (Å²) in [5, 5.41) is 2.00. The summed E-state index contributed by atoms with van der Waals surface area (Å²) in [7, 11) is -3.39. The number of hydrazine groups is 1. The third-order valence-corrected chi connectivity index (χ3v) is 4.75. The van der Waals surface area contributed by atoms with Gasteiger partial charge < -0.3 is 11.2 Å². The summed E-state index contributed by atoms with van der Waals surface area (Å²) >= 11 is 4.65. The molecule has 22 heavy (non-hydrogen) atoms. The quantitative estimate of drug-likeness (QED) is 0.571. The Balaban J connectivity index is 2.18. The van der Waals surface area contributed by atoms with Gasteiger partial charge in [0.2, 0.25) is 0 Å². The number of hydrogen-bond donors (Lipinski definition) is 3. The molecular formula is C15H17N3O2S2. The summed E-state index contributed by atoms with van der Waals surface area (Å²) in [4.78, 5) is 0.303. The van der Waals surface area contributed by atoms with E-state index in [9.17, 15) is 8.42 Å². The molecule has 0 saturated heterocycles. The van der Waals surface area contributed by atoms with Gasteiger partial charge in [-0.2, -0.15) is 0 Å². The maximum atomic E-state index is 12.4. The molecule has 0 radical (unpaired) electrons. The monoisotopic (exact) mass is 335 g/mol. The van der Waals surface area contributed by atoms with Crippen LogP contribution in [0.1, 0.15) is 6.92 Å². The second-order valence-corrected chi connectivity index (χ2v) is 7.27. The highest BCUT2D eigenvalue weighted by atomic mass is 32.2. The lowest BCUT2D eigenvalue weighted by Gasteiger charge is -2.08. The van der Waals surface area contributed by atoms with Gasteiger partial charge in [-0.3, -0.25) is 5.43 Å². The van der Waals surface area contributed by atoms with Crippen LogP contribution in [0.3, 0.4) is 0 Å². The van der Waals surface area contributed by atoms with Crippen molar-refractivity contribution in [3.63, 3.8) is 0 Å². The summed E-state index contributed by atoms with van der Waals surface area (Å²) in [5.74, 6) is -0.108. The maximum absolute atomic E-state index is 12.4. The predicted octanol–water partition coefficient (Wildman–Crippen LogP) is 1.86. The normalized spacial score (nSPS) is 12.1. The fraction of sp³-hybridized carbons (Fsp3) is 0.133. The third-order valence-electron chi connectivity index (χ3n) is 3.07. The van der Waals surface area contributed by atoms with Crippen LogP contribution in [0.2, 0.25) is 0 Å². The Hall–Kier alpha value is -2.12. The van der Waals surface area contributed by atoms with Gasteiger partial charge in [0.1, 0.15) is 0 Å². The first-order chi connectivity index (χ1) is 10.4. The van der Waals surface area contributed by atoms with E-state index in [-0.39, 0.29) is 10.9 Å². The van der Waals surface area contributed by atoms with Crippen LogP contribution < -0.4 is 16.6 Å². The van der Waals surface area contributed by atoms with Crippen LogP contribution in [-0.4, -0.2) is 19.3 Å². The first-order valence-electron chi connectivity index (χ1n) is 6.58. The first kappa shape index (κ1) is 16.3. The van der Waals surface area contributed by atoms with Gasteiger partial charge >= 0.3 is 0 Å². The molecule has 0 aliphatic carbocycles. The van der Waals surface area contributed by atoms with Gasteiger partial charge in [0.25, 0.3) is 0 Å². The molecule has 0 heterocycles. The zero-order valence-electron chi connectivity index (χ0n) is 12.0. The van der Waals surface area contributed by atoms with Crippen molar-refractivity contribution in [3.05, 3.63) is 54.2 Å². The van der Waals surface area contributed by atoms with Crippen LogP contribution >= 0.6 is 12.2 Å². The third kappa shape index (κ3) is 4.19. The van der Waals surface area contributed by atoms with Crippen LogP contribution in [0.15, 0.2) is 59.1 Å². The molecule has 2 aromatic carbocycles. The van der Waals surface area contributed by atoms with E-state index in [2.05, 4.69) is 23.1 Å². The highest BCUT2D eigenvalue weighted by Crippen LogP contribution is 2.20. The molecule has 0 fully saturated rings. The molecular weight excluding hydrogens is 318 g/mol. The van der Waals surface area contributed by atoms with Crippen molar-refractivity contribution in [1.29, 1.82) is 0 Å². The van der Waals surface area contributed by atoms with Gasteiger partial charge in [-0.15, -0.1) is 0 Å². The van der Waals surface area contributed by atoms with Gasteiger partial charge in [-0.05, 0) is 48.1 Å². The van der Waals surface area contributed by atoms with Crippen molar-refractivity contribution in [2.45, 2.75) is 11.8 Å². The Morgan fingerprint density at radius 3 is 2.55 bits per heavy atom. The summed E-state index contributed by atoms with van der Waals surface area (Å²) < 4.78 is 24.8. The van der Waals surface area contributed by atoms with Crippen molar-refractivity contribution < 1.29 is 8.42 Å². The Labute approximate surface area is 135 Å². The Morgan fingerprint density at radius 2 is 1.86 bits per heavy atom. The minimum Gasteiger partial charge on any atom is -0.375 e. The number of benzene rings is 2. The fourth-order valence-electron chi connectivity index (χ4n) is 1.90. The summed E-state index contributed by atoms with van der Waals surface area (Å²) in [5.41, 5.74) is 11.2. The molecule has 0 aromatic heterocycles. The van der Waals surface area contributed by atoms with E-state index in [0.717, 1.165) is 10.8 Å². The van der Waals surface area contributed by atoms with Crippen LogP contribution in [0.5, 0.6) is 0 Å². The molecule has 0 bridgehead atoms. The minimum atomic E-state index is -3.39. The number of hydrogen-bond acceptors (Lipinski definition) is 4. The van der Waals surface area contributed by atoms with Crippen molar-refractivity contribution >= 4 is 37.9 Å². The smallest absolute Gasteiger partial charge is 0.182 e. The number of thiocarbonyl (C=S) groups is 1. The second-order valence-electron chi connectivity index (χ2n) is 4.79.